The highest BCUT2D eigenvalue weighted by Gasteiger charge is 2.23. The molecule has 1 heteroatoms. The van der Waals surface area contributed by atoms with Crippen LogP contribution >= 0.6 is 0 Å². The van der Waals surface area contributed by atoms with Gasteiger partial charge in [0.25, 0.3) is 0 Å². The summed E-state index contributed by atoms with van der Waals surface area (Å²) < 4.78 is 0. The number of hydrogen-bond donors (Lipinski definition) is 1. The van der Waals surface area contributed by atoms with Crippen molar-refractivity contribution in [2.75, 3.05) is 0 Å². The van der Waals surface area contributed by atoms with Gasteiger partial charge in [0.1, 0.15) is 0 Å². The highest BCUT2D eigenvalue weighted by atomic mass is 14.9. The fourth-order valence-electron chi connectivity index (χ4n) is 3.23. The number of benzene rings is 1. The van der Waals surface area contributed by atoms with Crippen molar-refractivity contribution in [1.29, 1.82) is 0 Å². The Morgan fingerprint density at radius 1 is 1.06 bits per heavy atom. The minimum atomic E-state index is 0.676. The van der Waals surface area contributed by atoms with E-state index in [2.05, 4.69) is 36.5 Å². The van der Waals surface area contributed by atoms with Crippen LogP contribution in [-0.4, -0.2) is 6.04 Å². The molecule has 2 saturated carbocycles. The van der Waals surface area contributed by atoms with Crippen LogP contribution in [0, 0.1) is 5.92 Å². The number of nitrogens with one attached hydrogen (secondary N) is 1. The maximum atomic E-state index is 3.71. The summed E-state index contributed by atoms with van der Waals surface area (Å²) in [4.78, 5) is 0. The van der Waals surface area contributed by atoms with Gasteiger partial charge in [-0.1, -0.05) is 37.1 Å². The van der Waals surface area contributed by atoms with E-state index in [4.69, 9.17) is 0 Å². The Morgan fingerprint density at radius 2 is 1.72 bits per heavy atom. The van der Waals surface area contributed by atoms with E-state index in [-0.39, 0.29) is 0 Å². The lowest BCUT2D eigenvalue weighted by molar-refractivity contribution is 0.380. The van der Waals surface area contributed by atoms with Crippen LogP contribution < -0.4 is 5.32 Å². The van der Waals surface area contributed by atoms with Gasteiger partial charge < -0.3 is 5.32 Å². The van der Waals surface area contributed by atoms with E-state index in [1.807, 2.05) is 0 Å². The molecule has 2 aliphatic carbocycles. The van der Waals surface area contributed by atoms with Crippen molar-refractivity contribution in [2.24, 2.45) is 5.92 Å². The van der Waals surface area contributed by atoms with Crippen LogP contribution in [0.4, 0.5) is 0 Å². The van der Waals surface area contributed by atoms with Crippen LogP contribution in [0.15, 0.2) is 24.3 Å². The summed E-state index contributed by atoms with van der Waals surface area (Å²) >= 11 is 0. The van der Waals surface area contributed by atoms with Crippen molar-refractivity contribution in [3.63, 3.8) is 0 Å². The molecule has 1 atom stereocenters. The van der Waals surface area contributed by atoms with E-state index in [1.165, 1.54) is 44.1 Å². The lowest BCUT2D eigenvalue weighted by Crippen LogP contribution is -2.31. The van der Waals surface area contributed by atoms with Gasteiger partial charge in [-0.05, 0) is 55.6 Å². The molecule has 0 saturated heterocycles. The van der Waals surface area contributed by atoms with Gasteiger partial charge in [-0.25, -0.2) is 0 Å². The predicted octanol–water partition coefficient (Wildman–Crippen LogP) is 4.23. The van der Waals surface area contributed by atoms with E-state index >= 15 is 0 Å². The molecule has 0 aromatic heterocycles. The Hall–Kier alpha value is -0.820. The molecular weight excluding hydrogens is 218 g/mol. The standard InChI is InChI=1S/C17H25N/c1-13(15-4-2-3-5-15)18-12-14-6-8-16(9-7-14)17-10-11-17/h6-9,13,15,17-18H,2-5,10-12H2,1H3/t13-/m1/s1. The monoisotopic (exact) mass is 243 g/mol. The second-order valence-electron chi connectivity index (χ2n) is 6.23. The molecule has 0 amide bonds. The molecule has 0 bridgehead atoms. The fraction of sp³-hybridized carbons (Fsp3) is 0.647. The first-order valence-electron chi connectivity index (χ1n) is 7.65. The van der Waals surface area contributed by atoms with Gasteiger partial charge in [-0.2, -0.15) is 0 Å². The summed E-state index contributed by atoms with van der Waals surface area (Å²) in [5, 5.41) is 3.71. The van der Waals surface area contributed by atoms with Gasteiger partial charge in [0, 0.05) is 12.6 Å². The molecule has 0 spiro atoms. The summed E-state index contributed by atoms with van der Waals surface area (Å²) in [5.41, 5.74) is 2.98. The molecule has 0 radical (unpaired) electrons. The van der Waals surface area contributed by atoms with Crippen molar-refractivity contribution in [3.8, 4) is 0 Å². The summed E-state index contributed by atoms with van der Waals surface area (Å²) in [5.74, 6) is 1.79. The average Bonchev–Trinajstić information content (AvgIpc) is 3.11. The van der Waals surface area contributed by atoms with Crippen LogP contribution in [0.2, 0.25) is 0 Å². The van der Waals surface area contributed by atoms with Crippen LogP contribution in [-0.2, 0) is 6.54 Å². The number of rotatable bonds is 5. The predicted molar refractivity (Wildman–Crippen MR) is 76.7 cm³/mol. The Bertz CT molecular complexity index is 371. The van der Waals surface area contributed by atoms with E-state index in [0.717, 1.165) is 18.4 Å². The van der Waals surface area contributed by atoms with Crippen molar-refractivity contribution >= 4 is 0 Å². The van der Waals surface area contributed by atoms with Gasteiger partial charge >= 0.3 is 0 Å². The lowest BCUT2D eigenvalue weighted by Gasteiger charge is -2.20. The molecule has 1 nitrogen and oxygen atoms in total. The maximum absolute atomic E-state index is 3.71. The molecule has 2 aliphatic rings. The minimum Gasteiger partial charge on any atom is -0.310 e. The first kappa shape index (κ1) is 12.2. The first-order chi connectivity index (χ1) is 8.83. The zero-order chi connectivity index (χ0) is 12.4. The minimum absolute atomic E-state index is 0.676. The maximum Gasteiger partial charge on any atom is 0.0208 e. The Balaban J connectivity index is 1.49. The molecule has 18 heavy (non-hydrogen) atoms. The van der Waals surface area contributed by atoms with E-state index in [1.54, 1.807) is 5.56 Å². The highest BCUT2D eigenvalue weighted by molar-refractivity contribution is 5.28. The zero-order valence-electron chi connectivity index (χ0n) is 11.5. The van der Waals surface area contributed by atoms with Crippen LogP contribution in [0.25, 0.3) is 0 Å². The largest absolute Gasteiger partial charge is 0.310 e. The fourth-order valence-corrected chi connectivity index (χ4v) is 3.23. The Kier molecular flexibility index (Phi) is 3.69. The molecule has 0 heterocycles. The van der Waals surface area contributed by atoms with Crippen molar-refractivity contribution in [1.82, 2.24) is 5.32 Å². The van der Waals surface area contributed by atoms with Crippen LogP contribution in [0.3, 0.4) is 0 Å². The Morgan fingerprint density at radius 3 is 2.33 bits per heavy atom. The van der Waals surface area contributed by atoms with E-state index in [0.29, 0.717) is 6.04 Å². The smallest absolute Gasteiger partial charge is 0.0208 e. The van der Waals surface area contributed by atoms with Gasteiger partial charge in [0.15, 0.2) is 0 Å². The quantitative estimate of drug-likeness (QED) is 0.816. The summed E-state index contributed by atoms with van der Waals surface area (Å²) in [6.45, 7) is 3.39. The van der Waals surface area contributed by atoms with Gasteiger partial charge in [0.05, 0.1) is 0 Å². The average molecular weight is 243 g/mol. The van der Waals surface area contributed by atoms with Crippen LogP contribution in [0.5, 0.6) is 0 Å². The van der Waals surface area contributed by atoms with Gasteiger partial charge in [0.2, 0.25) is 0 Å². The summed E-state index contributed by atoms with van der Waals surface area (Å²) in [6, 6.07) is 9.95. The third-order valence-electron chi connectivity index (χ3n) is 4.76. The topological polar surface area (TPSA) is 12.0 Å². The second kappa shape index (κ2) is 5.44. The molecule has 2 fully saturated rings. The number of hydrogen-bond acceptors (Lipinski definition) is 1. The zero-order valence-corrected chi connectivity index (χ0v) is 11.5. The van der Waals surface area contributed by atoms with Gasteiger partial charge in [-0.15, -0.1) is 0 Å². The van der Waals surface area contributed by atoms with Gasteiger partial charge in [-0.3, -0.25) is 0 Å². The molecule has 1 aromatic rings. The van der Waals surface area contributed by atoms with Crippen molar-refractivity contribution < 1.29 is 0 Å². The summed E-state index contributed by atoms with van der Waals surface area (Å²) in [7, 11) is 0. The molecule has 1 N–H and O–H groups in total. The second-order valence-corrected chi connectivity index (χ2v) is 6.23. The van der Waals surface area contributed by atoms with Crippen LogP contribution in [0.1, 0.15) is 62.5 Å². The molecule has 98 valence electrons. The lowest BCUT2D eigenvalue weighted by atomic mass is 9.99. The SMILES string of the molecule is C[C@@H](NCc1ccc(C2CC2)cc1)C1CCCC1. The highest BCUT2D eigenvalue weighted by Crippen LogP contribution is 2.39. The van der Waals surface area contributed by atoms with E-state index in [9.17, 15) is 0 Å². The molecule has 3 rings (SSSR count). The molecule has 0 aliphatic heterocycles. The Labute approximate surface area is 111 Å². The molecule has 0 unspecified atom stereocenters. The van der Waals surface area contributed by atoms with Crippen molar-refractivity contribution in [3.05, 3.63) is 35.4 Å². The molecule has 1 aromatic carbocycles. The first-order valence-corrected chi connectivity index (χ1v) is 7.65. The third kappa shape index (κ3) is 2.95. The summed E-state index contributed by atoms with van der Waals surface area (Å²) in [6.07, 6.45) is 8.52. The molecular formula is C17H25N. The third-order valence-corrected chi connectivity index (χ3v) is 4.76. The van der Waals surface area contributed by atoms with E-state index < -0.39 is 0 Å². The van der Waals surface area contributed by atoms with Crippen molar-refractivity contribution in [2.45, 2.75) is 64.0 Å². The normalized spacial score (nSPS) is 22.3.